The Morgan fingerprint density at radius 1 is 0.538 bits per heavy atom. The zero-order valence-electron chi connectivity index (χ0n) is 13.9. The first-order valence-electron chi connectivity index (χ1n) is 7.95. The van der Waals surface area contributed by atoms with Crippen LogP contribution >= 0.6 is 0 Å². The van der Waals surface area contributed by atoms with Crippen LogP contribution in [0.4, 0.5) is 22.7 Å². The highest BCUT2D eigenvalue weighted by Gasteiger charge is 2.09. The number of benzene rings is 3. The van der Waals surface area contributed by atoms with Crippen molar-refractivity contribution in [1.82, 2.24) is 0 Å². The van der Waals surface area contributed by atoms with E-state index in [1.807, 2.05) is 0 Å². The molecule has 26 heavy (non-hydrogen) atoms. The highest BCUT2D eigenvalue weighted by molar-refractivity contribution is 6.07. The van der Waals surface area contributed by atoms with Crippen LogP contribution in [-0.2, 0) is 0 Å². The molecule has 0 aliphatic rings. The fourth-order valence-corrected chi connectivity index (χ4v) is 2.31. The van der Waals surface area contributed by atoms with Crippen molar-refractivity contribution in [3.05, 3.63) is 83.9 Å². The van der Waals surface area contributed by atoms with Crippen LogP contribution in [0.5, 0.6) is 0 Å². The molecule has 2 amide bonds. The van der Waals surface area contributed by atoms with Gasteiger partial charge in [-0.1, -0.05) is 0 Å². The smallest absolute Gasteiger partial charge is 0.255 e. The molecular formula is C20H18N4O2. The van der Waals surface area contributed by atoms with Crippen molar-refractivity contribution in [2.45, 2.75) is 0 Å². The Kier molecular flexibility index (Phi) is 4.85. The fraction of sp³-hybridized carbons (Fsp3) is 0. The zero-order chi connectivity index (χ0) is 18.5. The van der Waals surface area contributed by atoms with E-state index in [0.29, 0.717) is 33.9 Å². The molecule has 6 nitrogen and oxygen atoms in total. The minimum Gasteiger partial charge on any atom is -0.399 e. The van der Waals surface area contributed by atoms with E-state index < -0.39 is 0 Å². The van der Waals surface area contributed by atoms with E-state index in [9.17, 15) is 9.59 Å². The van der Waals surface area contributed by atoms with Crippen molar-refractivity contribution in [1.29, 1.82) is 0 Å². The molecule has 0 aliphatic heterocycles. The SMILES string of the molecule is Nc1ccc(NC(=O)c2ccc(C(=O)Nc3ccc(N)cc3)cc2)cc1. The molecule has 0 unspecified atom stereocenters. The number of amides is 2. The van der Waals surface area contributed by atoms with Crippen molar-refractivity contribution in [2.24, 2.45) is 0 Å². The van der Waals surface area contributed by atoms with E-state index >= 15 is 0 Å². The third-order valence-corrected chi connectivity index (χ3v) is 3.75. The van der Waals surface area contributed by atoms with Crippen LogP contribution in [0.3, 0.4) is 0 Å². The molecule has 3 rings (SSSR count). The van der Waals surface area contributed by atoms with Gasteiger partial charge in [0.05, 0.1) is 0 Å². The molecule has 0 bridgehead atoms. The summed E-state index contributed by atoms with van der Waals surface area (Å²) >= 11 is 0. The summed E-state index contributed by atoms with van der Waals surface area (Å²) in [5.41, 5.74) is 14.7. The second-order valence-corrected chi connectivity index (χ2v) is 5.73. The van der Waals surface area contributed by atoms with Crippen LogP contribution in [-0.4, -0.2) is 11.8 Å². The molecule has 130 valence electrons. The average molecular weight is 346 g/mol. The van der Waals surface area contributed by atoms with Gasteiger partial charge >= 0.3 is 0 Å². The van der Waals surface area contributed by atoms with Gasteiger partial charge in [0, 0.05) is 33.9 Å². The summed E-state index contributed by atoms with van der Waals surface area (Å²) in [6.45, 7) is 0. The molecular weight excluding hydrogens is 328 g/mol. The first-order chi connectivity index (χ1) is 12.5. The van der Waals surface area contributed by atoms with Gasteiger partial charge in [-0.15, -0.1) is 0 Å². The van der Waals surface area contributed by atoms with Crippen molar-refractivity contribution in [3.8, 4) is 0 Å². The maximum absolute atomic E-state index is 12.2. The molecule has 3 aromatic carbocycles. The van der Waals surface area contributed by atoms with Crippen molar-refractivity contribution in [3.63, 3.8) is 0 Å². The van der Waals surface area contributed by atoms with Gasteiger partial charge in [-0.05, 0) is 72.8 Å². The van der Waals surface area contributed by atoms with Crippen molar-refractivity contribution >= 4 is 34.6 Å². The predicted molar refractivity (Wildman–Crippen MR) is 104 cm³/mol. The number of rotatable bonds is 4. The number of nitrogens with one attached hydrogen (secondary N) is 2. The lowest BCUT2D eigenvalue weighted by atomic mass is 10.1. The molecule has 6 heteroatoms. The van der Waals surface area contributed by atoms with Crippen molar-refractivity contribution < 1.29 is 9.59 Å². The van der Waals surface area contributed by atoms with Crippen LogP contribution in [0, 0.1) is 0 Å². The van der Waals surface area contributed by atoms with Crippen LogP contribution in [0.2, 0.25) is 0 Å². The topological polar surface area (TPSA) is 110 Å². The second-order valence-electron chi connectivity index (χ2n) is 5.73. The summed E-state index contributed by atoms with van der Waals surface area (Å²) in [7, 11) is 0. The second kappa shape index (κ2) is 7.40. The fourth-order valence-electron chi connectivity index (χ4n) is 2.31. The maximum atomic E-state index is 12.2. The largest absolute Gasteiger partial charge is 0.399 e. The Bertz CT molecular complexity index is 839. The van der Waals surface area contributed by atoms with Crippen LogP contribution in [0.25, 0.3) is 0 Å². The average Bonchev–Trinajstić information content (AvgIpc) is 2.65. The highest BCUT2D eigenvalue weighted by atomic mass is 16.2. The lowest BCUT2D eigenvalue weighted by Crippen LogP contribution is -2.14. The predicted octanol–water partition coefficient (Wildman–Crippen LogP) is 3.36. The molecule has 6 N–H and O–H groups in total. The molecule has 0 spiro atoms. The molecule has 0 saturated carbocycles. The van der Waals surface area contributed by atoms with Crippen LogP contribution < -0.4 is 22.1 Å². The maximum Gasteiger partial charge on any atom is 0.255 e. The van der Waals surface area contributed by atoms with Gasteiger partial charge in [0.15, 0.2) is 0 Å². The summed E-state index contributed by atoms with van der Waals surface area (Å²) in [5, 5.41) is 5.54. The normalized spacial score (nSPS) is 10.2. The van der Waals surface area contributed by atoms with Crippen LogP contribution in [0.15, 0.2) is 72.8 Å². The quantitative estimate of drug-likeness (QED) is 0.543. The number of carbonyl (C=O) groups is 2. The van der Waals surface area contributed by atoms with E-state index in [1.54, 1.807) is 72.8 Å². The Hall–Kier alpha value is -3.80. The van der Waals surface area contributed by atoms with Gasteiger partial charge < -0.3 is 22.1 Å². The van der Waals surface area contributed by atoms with E-state index in [-0.39, 0.29) is 11.8 Å². The molecule has 0 heterocycles. The number of hydrogen-bond donors (Lipinski definition) is 4. The van der Waals surface area contributed by atoms with Gasteiger partial charge in [-0.25, -0.2) is 0 Å². The summed E-state index contributed by atoms with van der Waals surface area (Å²) < 4.78 is 0. The lowest BCUT2D eigenvalue weighted by Gasteiger charge is -2.08. The van der Waals surface area contributed by atoms with Gasteiger partial charge in [0.2, 0.25) is 0 Å². The third-order valence-electron chi connectivity index (χ3n) is 3.75. The molecule has 0 radical (unpaired) electrons. The Morgan fingerprint density at radius 2 is 0.846 bits per heavy atom. The number of carbonyl (C=O) groups excluding carboxylic acids is 2. The molecule has 0 aromatic heterocycles. The Labute approximate surface area is 150 Å². The van der Waals surface area contributed by atoms with E-state index in [4.69, 9.17) is 11.5 Å². The zero-order valence-corrected chi connectivity index (χ0v) is 13.9. The van der Waals surface area contributed by atoms with E-state index in [1.165, 1.54) is 0 Å². The first kappa shape index (κ1) is 17.0. The number of hydrogen-bond acceptors (Lipinski definition) is 4. The van der Waals surface area contributed by atoms with Gasteiger partial charge in [0.1, 0.15) is 0 Å². The molecule has 0 saturated heterocycles. The number of nitrogens with two attached hydrogens (primary N) is 2. The minimum atomic E-state index is -0.264. The minimum absolute atomic E-state index is 0.264. The highest BCUT2D eigenvalue weighted by Crippen LogP contribution is 2.15. The standard InChI is InChI=1S/C20H18N4O2/c21-15-5-9-17(10-6-15)23-19(25)13-1-2-14(4-3-13)20(26)24-18-11-7-16(22)8-12-18/h1-12H,21-22H2,(H,23,25)(H,24,26). The van der Waals surface area contributed by atoms with Gasteiger partial charge in [0.25, 0.3) is 11.8 Å². The summed E-state index contributed by atoms with van der Waals surface area (Å²) in [5.74, 6) is -0.527. The van der Waals surface area contributed by atoms with Crippen LogP contribution in [0.1, 0.15) is 20.7 Å². The summed E-state index contributed by atoms with van der Waals surface area (Å²) in [4.78, 5) is 24.5. The Balaban J connectivity index is 1.65. The number of anilines is 4. The van der Waals surface area contributed by atoms with Gasteiger partial charge in [-0.2, -0.15) is 0 Å². The van der Waals surface area contributed by atoms with Crippen molar-refractivity contribution in [2.75, 3.05) is 22.1 Å². The summed E-state index contributed by atoms with van der Waals surface area (Å²) in [6.07, 6.45) is 0. The van der Waals surface area contributed by atoms with E-state index in [2.05, 4.69) is 10.6 Å². The first-order valence-corrected chi connectivity index (χ1v) is 7.95. The molecule has 3 aromatic rings. The van der Waals surface area contributed by atoms with E-state index in [0.717, 1.165) is 0 Å². The Morgan fingerprint density at radius 3 is 1.15 bits per heavy atom. The number of nitrogen functional groups attached to an aromatic ring is 2. The third kappa shape index (κ3) is 4.18. The summed E-state index contributed by atoms with van der Waals surface area (Å²) in [6, 6.07) is 20.1. The van der Waals surface area contributed by atoms with Gasteiger partial charge in [-0.3, -0.25) is 9.59 Å². The molecule has 0 aliphatic carbocycles. The monoisotopic (exact) mass is 346 g/mol. The molecule has 0 fully saturated rings. The lowest BCUT2D eigenvalue weighted by molar-refractivity contribution is 0.101. The molecule has 0 atom stereocenters.